The van der Waals surface area contributed by atoms with Gasteiger partial charge < -0.3 is 10.2 Å². The van der Waals surface area contributed by atoms with E-state index in [1.54, 1.807) is 24.3 Å². The van der Waals surface area contributed by atoms with Gasteiger partial charge in [0.1, 0.15) is 0 Å². The molecule has 0 unspecified atom stereocenters. The van der Waals surface area contributed by atoms with Crippen molar-refractivity contribution in [3.05, 3.63) is 128 Å². The van der Waals surface area contributed by atoms with Gasteiger partial charge in [-0.2, -0.15) is 0 Å². The van der Waals surface area contributed by atoms with E-state index in [0.29, 0.717) is 11.1 Å². The second-order valence-corrected chi connectivity index (χ2v) is 6.75. The molecule has 0 fully saturated rings. The first kappa shape index (κ1) is 22.1. The summed E-state index contributed by atoms with van der Waals surface area (Å²) >= 11 is 0. The average Bonchev–Trinajstić information content (AvgIpc) is 3.07. The van der Waals surface area contributed by atoms with E-state index in [9.17, 15) is 29.4 Å². The molecule has 0 amide bonds. The second-order valence-electron chi connectivity index (χ2n) is 6.75. The van der Waals surface area contributed by atoms with E-state index < -0.39 is 33.9 Å². The highest BCUT2D eigenvalue weighted by atomic mass is 16.3. The molecule has 158 valence electrons. The first-order valence-corrected chi connectivity index (χ1v) is 9.56. The maximum absolute atomic E-state index is 12.3. The topological polar surface area (TPSA) is 109 Å². The van der Waals surface area contributed by atoms with Gasteiger partial charge in [0.15, 0.2) is 23.1 Å². The fourth-order valence-electron chi connectivity index (χ4n) is 2.81. The molecule has 0 aliphatic heterocycles. The Hall–Kier alpha value is -4.58. The highest BCUT2D eigenvalue weighted by Crippen LogP contribution is 2.15. The Labute approximate surface area is 183 Å². The van der Waals surface area contributed by atoms with Crippen molar-refractivity contribution in [2.75, 3.05) is 0 Å². The predicted molar refractivity (Wildman–Crippen MR) is 122 cm³/mol. The van der Waals surface area contributed by atoms with E-state index in [1.807, 2.05) is 0 Å². The number of carbonyl (C=O) groups is 2. The van der Waals surface area contributed by atoms with E-state index in [1.165, 1.54) is 72.8 Å². The minimum absolute atomic E-state index is 0.0897. The molecule has 6 nitrogen and oxygen atoms in total. The van der Waals surface area contributed by atoms with Crippen molar-refractivity contribution in [1.29, 1.82) is 0 Å². The lowest BCUT2D eigenvalue weighted by molar-refractivity contribution is 0.103. The highest BCUT2D eigenvalue weighted by Gasteiger charge is 2.10. The van der Waals surface area contributed by atoms with Crippen LogP contribution >= 0.6 is 0 Å². The van der Waals surface area contributed by atoms with E-state index in [-0.39, 0.29) is 11.1 Å². The van der Waals surface area contributed by atoms with Gasteiger partial charge in [-0.1, -0.05) is 60.7 Å². The van der Waals surface area contributed by atoms with E-state index in [4.69, 9.17) is 0 Å². The number of hydrogen-bond donors (Lipinski definition) is 2. The first-order chi connectivity index (χ1) is 15.4. The summed E-state index contributed by atoms with van der Waals surface area (Å²) in [6, 6.07) is 17.8. The maximum atomic E-state index is 12.3. The number of carbonyl (C=O) groups excluding carboxylic acids is 2. The van der Waals surface area contributed by atoms with Crippen molar-refractivity contribution in [3.63, 3.8) is 0 Å². The minimum Gasteiger partial charge on any atom is -0.504 e. The number of rotatable bonds is 6. The monoisotopic (exact) mass is 426 g/mol. The molecule has 6 heteroatoms. The standard InChI is InChI=1S/C26H18O6/c27-21(19-5-1-3-7-23(29)25(19)31)15-13-17-9-11-18(12-10-17)14-16-22(28)20-6-2-4-8-24(30)26(20)32/h1-16H,(H,29,31)(H,30,32)/b15-13+,16-14+. The molecule has 0 radical (unpaired) electrons. The molecule has 3 aromatic carbocycles. The van der Waals surface area contributed by atoms with E-state index in [0.717, 1.165) is 0 Å². The number of benzene rings is 1. The molecule has 32 heavy (non-hydrogen) atoms. The molecule has 0 bridgehead atoms. The summed E-state index contributed by atoms with van der Waals surface area (Å²) in [6.45, 7) is 0. The lowest BCUT2D eigenvalue weighted by Crippen LogP contribution is -2.01. The Morgan fingerprint density at radius 2 is 0.906 bits per heavy atom. The Morgan fingerprint density at radius 3 is 1.28 bits per heavy atom. The molecular weight excluding hydrogens is 408 g/mol. The van der Waals surface area contributed by atoms with Crippen LogP contribution in [0.3, 0.4) is 0 Å². The third kappa shape index (κ3) is 5.31. The average molecular weight is 426 g/mol. The maximum Gasteiger partial charge on any atom is 0.220 e. The van der Waals surface area contributed by atoms with Gasteiger partial charge >= 0.3 is 0 Å². The lowest BCUT2D eigenvalue weighted by atomic mass is 10.1. The fourth-order valence-corrected chi connectivity index (χ4v) is 2.81. The quantitative estimate of drug-likeness (QED) is 0.460. The fraction of sp³-hybridized carbons (Fsp3) is 0. The van der Waals surface area contributed by atoms with Gasteiger partial charge in [-0.05, 0) is 47.5 Å². The largest absolute Gasteiger partial charge is 0.504 e. The van der Waals surface area contributed by atoms with Gasteiger partial charge in [0.25, 0.3) is 0 Å². The van der Waals surface area contributed by atoms with Gasteiger partial charge in [0.05, 0.1) is 11.1 Å². The molecule has 3 aromatic rings. The van der Waals surface area contributed by atoms with Gasteiger partial charge in [0.2, 0.25) is 10.9 Å². The molecule has 0 atom stereocenters. The summed E-state index contributed by atoms with van der Waals surface area (Å²) in [5.41, 5.74) is -0.0791. The molecule has 0 heterocycles. The first-order valence-electron chi connectivity index (χ1n) is 9.56. The Kier molecular flexibility index (Phi) is 6.88. The van der Waals surface area contributed by atoms with E-state index in [2.05, 4.69) is 0 Å². The van der Waals surface area contributed by atoms with Crippen LogP contribution in [0.15, 0.2) is 94.5 Å². The van der Waals surface area contributed by atoms with Gasteiger partial charge in [0, 0.05) is 0 Å². The summed E-state index contributed by atoms with van der Waals surface area (Å²) in [6.07, 6.45) is 5.58. The summed E-state index contributed by atoms with van der Waals surface area (Å²) in [5.74, 6) is -2.23. The van der Waals surface area contributed by atoms with Crippen molar-refractivity contribution in [3.8, 4) is 11.5 Å². The lowest BCUT2D eigenvalue weighted by Gasteiger charge is -1.98. The molecule has 3 rings (SSSR count). The number of aromatic hydroxyl groups is 2. The molecule has 2 N–H and O–H groups in total. The van der Waals surface area contributed by atoms with Crippen molar-refractivity contribution in [1.82, 2.24) is 0 Å². The normalized spacial score (nSPS) is 11.0. The van der Waals surface area contributed by atoms with Crippen LogP contribution in [0.2, 0.25) is 0 Å². The number of allylic oxidation sites excluding steroid dienone is 2. The summed E-state index contributed by atoms with van der Waals surface area (Å²) in [5, 5.41) is 19.7. The zero-order valence-electron chi connectivity index (χ0n) is 16.8. The van der Waals surface area contributed by atoms with Gasteiger partial charge in [-0.15, -0.1) is 0 Å². The van der Waals surface area contributed by atoms with Crippen molar-refractivity contribution < 1.29 is 19.8 Å². The van der Waals surface area contributed by atoms with Crippen molar-refractivity contribution >= 4 is 23.7 Å². The van der Waals surface area contributed by atoms with Crippen LogP contribution in [0.1, 0.15) is 31.8 Å². The Morgan fingerprint density at radius 1 is 0.562 bits per heavy atom. The summed E-state index contributed by atoms with van der Waals surface area (Å²) in [7, 11) is 0. The summed E-state index contributed by atoms with van der Waals surface area (Å²) in [4.78, 5) is 47.9. The molecule has 0 saturated heterocycles. The smallest absolute Gasteiger partial charge is 0.220 e. The van der Waals surface area contributed by atoms with Crippen molar-refractivity contribution in [2.45, 2.75) is 0 Å². The van der Waals surface area contributed by atoms with Crippen LogP contribution in [0, 0.1) is 0 Å². The minimum atomic E-state index is -0.638. The number of ketones is 2. The van der Waals surface area contributed by atoms with Crippen LogP contribution < -0.4 is 10.9 Å². The number of hydrogen-bond acceptors (Lipinski definition) is 6. The molecule has 0 aliphatic rings. The molecule has 0 aromatic heterocycles. The Balaban J connectivity index is 1.73. The molecular formula is C26H18O6. The van der Waals surface area contributed by atoms with Gasteiger partial charge in [-0.25, -0.2) is 0 Å². The van der Waals surface area contributed by atoms with Crippen LogP contribution in [-0.2, 0) is 0 Å². The zero-order chi connectivity index (χ0) is 23.1. The highest BCUT2D eigenvalue weighted by molar-refractivity contribution is 6.09. The molecule has 0 saturated carbocycles. The SMILES string of the molecule is O=C(/C=C/c1ccc(/C=C/C(=O)c2ccccc(=O)c2O)cc1)c1ccccc(=O)c1O. The zero-order valence-corrected chi connectivity index (χ0v) is 16.8. The third-order valence-electron chi connectivity index (χ3n) is 4.54. The van der Waals surface area contributed by atoms with Gasteiger partial charge in [-0.3, -0.25) is 19.2 Å². The predicted octanol–water partition coefficient (Wildman–Crippen LogP) is 3.61. The van der Waals surface area contributed by atoms with Crippen LogP contribution in [-0.4, -0.2) is 21.8 Å². The molecule has 0 aliphatic carbocycles. The van der Waals surface area contributed by atoms with E-state index >= 15 is 0 Å². The molecule has 0 spiro atoms. The second kappa shape index (κ2) is 9.95. The van der Waals surface area contributed by atoms with Crippen LogP contribution in [0.4, 0.5) is 0 Å². The Bertz CT molecular complexity index is 1250. The van der Waals surface area contributed by atoms with Crippen LogP contribution in [0.5, 0.6) is 11.5 Å². The third-order valence-corrected chi connectivity index (χ3v) is 4.54. The van der Waals surface area contributed by atoms with Crippen molar-refractivity contribution in [2.24, 2.45) is 0 Å². The summed E-state index contributed by atoms with van der Waals surface area (Å²) < 4.78 is 0. The van der Waals surface area contributed by atoms with Crippen LogP contribution in [0.25, 0.3) is 12.2 Å².